The van der Waals surface area contributed by atoms with Crippen LogP contribution in [0.1, 0.15) is 92.5 Å². The Balaban J connectivity index is 0.000000240. The molecule has 0 spiro atoms. The van der Waals surface area contributed by atoms with Crippen molar-refractivity contribution in [1.82, 2.24) is 0 Å². The van der Waals surface area contributed by atoms with E-state index in [2.05, 4.69) is 148 Å². The fourth-order valence-corrected chi connectivity index (χ4v) is 5.12. The number of benzene rings is 4. The number of hydrogen-bond acceptors (Lipinski definition) is 6. The normalized spacial score (nSPS) is 16.7. The molecular formula is C48H70O6. The summed E-state index contributed by atoms with van der Waals surface area (Å²) in [6.45, 7) is 29.7. The molecule has 3 atom stereocenters. The van der Waals surface area contributed by atoms with Crippen LogP contribution in [0.4, 0.5) is 0 Å². The molecule has 54 heavy (non-hydrogen) atoms. The van der Waals surface area contributed by atoms with E-state index in [1.807, 2.05) is 13.8 Å². The van der Waals surface area contributed by atoms with Crippen LogP contribution >= 0.6 is 0 Å². The Morgan fingerprint density at radius 2 is 0.630 bits per heavy atom. The second-order valence-electron chi connectivity index (χ2n) is 14.0. The average molecular weight is 743 g/mol. The Hall–Kier alpha value is -3.84. The highest BCUT2D eigenvalue weighted by Gasteiger charge is 2.24. The third-order valence-electron chi connectivity index (χ3n) is 7.94. The molecule has 0 radical (unpaired) electrons. The van der Waals surface area contributed by atoms with Crippen LogP contribution in [0.2, 0.25) is 0 Å². The summed E-state index contributed by atoms with van der Waals surface area (Å²) in [7, 11) is 0. The lowest BCUT2D eigenvalue weighted by molar-refractivity contribution is 0.263. The zero-order valence-corrected chi connectivity index (χ0v) is 35.6. The van der Waals surface area contributed by atoms with Gasteiger partial charge in [0.05, 0.1) is 19.8 Å². The zero-order chi connectivity index (χ0) is 39.9. The lowest BCUT2D eigenvalue weighted by Gasteiger charge is -2.06. The van der Waals surface area contributed by atoms with E-state index in [4.69, 9.17) is 28.4 Å². The Kier molecular flexibility index (Phi) is 22.3. The minimum absolute atomic E-state index is 0.334. The predicted octanol–water partition coefficient (Wildman–Crippen LogP) is 11.5. The van der Waals surface area contributed by atoms with E-state index in [-0.39, 0.29) is 0 Å². The molecule has 4 aromatic rings. The number of rotatable bonds is 11. The molecule has 4 aromatic carbocycles. The Morgan fingerprint density at radius 1 is 0.426 bits per heavy atom. The highest BCUT2D eigenvalue weighted by Crippen LogP contribution is 2.20. The van der Waals surface area contributed by atoms with Gasteiger partial charge in [0.25, 0.3) is 0 Å². The van der Waals surface area contributed by atoms with Gasteiger partial charge in [0, 0.05) is 0 Å². The lowest BCUT2D eigenvalue weighted by atomic mass is 10.1. The largest absolute Gasteiger partial charge is 0.491 e. The van der Waals surface area contributed by atoms with Crippen molar-refractivity contribution in [2.24, 2.45) is 0 Å². The first-order valence-electron chi connectivity index (χ1n) is 20.1. The van der Waals surface area contributed by atoms with Crippen molar-refractivity contribution in [2.75, 3.05) is 39.6 Å². The molecule has 3 aliphatic rings. The molecule has 3 fully saturated rings. The van der Waals surface area contributed by atoms with Crippen LogP contribution in [0, 0.1) is 41.5 Å². The van der Waals surface area contributed by atoms with E-state index in [1.165, 1.54) is 50.9 Å². The first-order valence-corrected chi connectivity index (χ1v) is 20.1. The molecule has 0 bridgehead atoms. The van der Waals surface area contributed by atoms with Crippen LogP contribution in [0.15, 0.2) is 78.9 Å². The SMILES string of the molecule is CC.CCC.CCc1ccc(CC)cc1.Cc1cc(C)cc(OCC2CO2)c1.Cc1cc(C)cc(OCC2CO2)c1.Cc1cc(C)cc(OCC2CO2)c1. The van der Waals surface area contributed by atoms with E-state index in [1.54, 1.807) is 0 Å². The molecule has 3 unspecified atom stereocenters. The Morgan fingerprint density at radius 3 is 0.796 bits per heavy atom. The van der Waals surface area contributed by atoms with Crippen LogP contribution in [0.25, 0.3) is 0 Å². The molecule has 0 saturated carbocycles. The van der Waals surface area contributed by atoms with Crippen LogP contribution in [-0.4, -0.2) is 58.0 Å². The quantitative estimate of drug-likeness (QED) is 0.143. The summed E-state index contributed by atoms with van der Waals surface area (Å²) >= 11 is 0. The first kappa shape index (κ1) is 46.3. The van der Waals surface area contributed by atoms with E-state index in [9.17, 15) is 0 Å². The van der Waals surface area contributed by atoms with Crippen molar-refractivity contribution >= 4 is 0 Å². The molecule has 0 aliphatic carbocycles. The molecule has 298 valence electrons. The number of ether oxygens (including phenoxy) is 6. The van der Waals surface area contributed by atoms with E-state index in [0.717, 1.165) is 49.9 Å². The van der Waals surface area contributed by atoms with Gasteiger partial charge in [-0.3, -0.25) is 0 Å². The summed E-state index contributed by atoms with van der Waals surface area (Å²) in [5.41, 5.74) is 10.3. The van der Waals surface area contributed by atoms with Crippen molar-refractivity contribution in [3.63, 3.8) is 0 Å². The monoisotopic (exact) mass is 743 g/mol. The molecule has 0 aromatic heterocycles. The molecule has 0 amide bonds. The minimum atomic E-state index is 0.334. The van der Waals surface area contributed by atoms with E-state index < -0.39 is 0 Å². The van der Waals surface area contributed by atoms with Gasteiger partial charge in [-0.15, -0.1) is 0 Å². The van der Waals surface area contributed by atoms with Gasteiger partial charge in [0.1, 0.15) is 55.4 Å². The fraction of sp³-hybridized carbons (Fsp3) is 0.500. The standard InChI is InChI=1S/3C11H14O2.C10H14.C3H8.C2H6/c3*1-8-3-9(2)5-10(4-8)12-6-11-7-13-11;1-3-9-5-7-10(4-2)8-6-9;1-3-2;1-2/h3*3-5,11H,6-7H2,1-2H3;5-8H,3-4H2,1-2H3;3H2,1-2H3;1-2H3. The summed E-state index contributed by atoms with van der Waals surface area (Å²) < 4.78 is 31.9. The molecule has 6 nitrogen and oxygen atoms in total. The zero-order valence-electron chi connectivity index (χ0n) is 35.6. The third kappa shape index (κ3) is 21.8. The van der Waals surface area contributed by atoms with E-state index >= 15 is 0 Å². The van der Waals surface area contributed by atoms with Gasteiger partial charge in [-0.05, 0) is 135 Å². The maximum absolute atomic E-state index is 5.57. The molecule has 3 heterocycles. The van der Waals surface area contributed by atoms with Crippen LogP contribution in [0.3, 0.4) is 0 Å². The number of epoxide rings is 3. The third-order valence-corrected chi connectivity index (χ3v) is 7.94. The van der Waals surface area contributed by atoms with Gasteiger partial charge >= 0.3 is 0 Å². The van der Waals surface area contributed by atoms with Gasteiger partial charge in [0.2, 0.25) is 0 Å². The molecular weight excluding hydrogens is 673 g/mol. The fourth-order valence-electron chi connectivity index (χ4n) is 5.12. The van der Waals surface area contributed by atoms with Crippen molar-refractivity contribution in [2.45, 2.75) is 121 Å². The smallest absolute Gasteiger partial charge is 0.119 e. The second-order valence-corrected chi connectivity index (χ2v) is 14.0. The van der Waals surface area contributed by atoms with Gasteiger partial charge < -0.3 is 28.4 Å². The topological polar surface area (TPSA) is 65.3 Å². The van der Waals surface area contributed by atoms with Gasteiger partial charge in [0.15, 0.2) is 0 Å². The molecule has 0 N–H and O–H groups in total. The van der Waals surface area contributed by atoms with Crippen LogP contribution in [0.5, 0.6) is 17.2 Å². The van der Waals surface area contributed by atoms with Crippen molar-refractivity contribution in [3.8, 4) is 17.2 Å². The van der Waals surface area contributed by atoms with Gasteiger partial charge in [-0.2, -0.15) is 0 Å². The van der Waals surface area contributed by atoms with Crippen molar-refractivity contribution in [3.05, 3.63) is 123 Å². The summed E-state index contributed by atoms with van der Waals surface area (Å²) in [5, 5.41) is 0. The van der Waals surface area contributed by atoms with Crippen LogP contribution < -0.4 is 14.2 Å². The molecule has 7 rings (SSSR count). The summed E-state index contributed by atoms with van der Waals surface area (Å²) in [5.74, 6) is 2.86. The predicted molar refractivity (Wildman–Crippen MR) is 226 cm³/mol. The average Bonchev–Trinajstić information content (AvgIpc) is 3.99. The number of aryl methyl sites for hydroxylation is 8. The number of hydrogen-bond donors (Lipinski definition) is 0. The summed E-state index contributed by atoms with van der Waals surface area (Å²) in [6.07, 6.45) is 4.54. The van der Waals surface area contributed by atoms with Gasteiger partial charge in [-0.1, -0.05) is 90.4 Å². The Labute approximate surface area is 328 Å². The van der Waals surface area contributed by atoms with Crippen molar-refractivity contribution in [1.29, 1.82) is 0 Å². The van der Waals surface area contributed by atoms with Crippen molar-refractivity contribution < 1.29 is 28.4 Å². The summed E-state index contributed by atoms with van der Waals surface area (Å²) in [6, 6.07) is 27.6. The highest BCUT2D eigenvalue weighted by molar-refractivity contribution is 5.34. The van der Waals surface area contributed by atoms with Crippen LogP contribution in [-0.2, 0) is 27.1 Å². The summed E-state index contributed by atoms with van der Waals surface area (Å²) in [4.78, 5) is 0. The van der Waals surface area contributed by atoms with Gasteiger partial charge in [-0.25, -0.2) is 0 Å². The lowest BCUT2D eigenvalue weighted by Crippen LogP contribution is -2.04. The second kappa shape index (κ2) is 26.0. The Bertz CT molecular complexity index is 1350. The first-order chi connectivity index (χ1) is 26.0. The minimum Gasteiger partial charge on any atom is -0.491 e. The maximum Gasteiger partial charge on any atom is 0.119 e. The molecule has 6 heteroatoms. The highest BCUT2D eigenvalue weighted by atomic mass is 16.6. The molecule has 3 aliphatic heterocycles. The molecule has 3 saturated heterocycles. The van der Waals surface area contributed by atoms with E-state index in [0.29, 0.717) is 38.1 Å². The maximum atomic E-state index is 5.57.